The lowest BCUT2D eigenvalue weighted by Gasteiger charge is -2.07. The van der Waals surface area contributed by atoms with Crippen molar-refractivity contribution in [2.45, 2.75) is 37.2 Å². The van der Waals surface area contributed by atoms with E-state index in [4.69, 9.17) is 11.6 Å². The van der Waals surface area contributed by atoms with Crippen molar-refractivity contribution in [3.8, 4) is 0 Å². The summed E-state index contributed by atoms with van der Waals surface area (Å²) in [6, 6.07) is 4.06. The Morgan fingerprint density at radius 1 is 1.25 bits per heavy atom. The standard InChI is InChI=1S/C14H17ClN4S/c1-4-5-16-14-17-8-11(15)13(19-14)20-12-7-9(2)6-10(3)18-12/h6-8H,4-5H2,1-3H3,(H,16,17,19). The first-order chi connectivity index (χ1) is 9.58. The van der Waals surface area contributed by atoms with Crippen molar-refractivity contribution < 1.29 is 0 Å². The van der Waals surface area contributed by atoms with Crippen LogP contribution < -0.4 is 5.32 Å². The number of nitrogens with zero attached hydrogens (tertiary/aromatic N) is 3. The highest BCUT2D eigenvalue weighted by Crippen LogP contribution is 2.31. The van der Waals surface area contributed by atoms with E-state index >= 15 is 0 Å². The summed E-state index contributed by atoms with van der Waals surface area (Å²) in [5, 5.41) is 5.31. The molecule has 2 aromatic heterocycles. The molecule has 6 heteroatoms. The topological polar surface area (TPSA) is 50.7 Å². The van der Waals surface area contributed by atoms with E-state index in [9.17, 15) is 0 Å². The maximum Gasteiger partial charge on any atom is 0.223 e. The SMILES string of the molecule is CCCNc1ncc(Cl)c(Sc2cc(C)cc(C)n2)n1. The van der Waals surface area contributed by atoms with Crippen LogP contribution in [0.4, 0.5) is 5.95 Å². The molecule has 4 nitrogen and oxygen atoms in total. The molecule has 0 aromatic carbocycles. The first-order valence-electron chi connectivity index (χ1n) is 6.48. The van der Waals surface area contributed by atoms with Crippen LogP contribution in [-0.4, -0.2) is 21.5 Å². The van der Waals surface area contributed by atoms with Gasteiger partial charge in [-0.1, -0.05) is 18.5 Å². The Balaban J connectivity index is 2.23. The van der Waals surface area contributed by atoms with Crippen molar-refractivity contribution in [1.82, 2.24) is 15.0 Å². The van der Waals surface area contributed by atoms with E-state index in [2.05, 4.69) is 34.1 Å². The highest BCUT2D eigenvalue weighted by atomic mass is 35.5. The average molecular weight is 309 g/mol. The summed E-state index contributed by atoms with van der Waals surface area (Å²) in [7, 11) is 0. The van der Waals surface area contributed by atoms with Crippen LogP contribution in [0.15, 0.2) is 28.4 Å². The Hall–Kier alpha value is -1.33. The number of hydrogen-bond donors (Lipinski definition) is 1. The third-order valence-corrected chi connectivity index (χ3v) is 3.83. The molecule has 0 spiro atoms. The van der Waals surface area contributed by atoms with Crippen molar-refractivity contribution in [1.29, 1.82) is 0 Å². The van der Waals surface area contributed by atoms with Gasteiger partial charge in [-0.15, -0.1) is 0 Å². The number of halogens is 1. The second kappa shape index (κ2) is 6.90. The van der Waals surface area contributed by atoms with E-state index in [1.165, 1.54) is 17.3 Å². The van der Waals surface area contributed by atoms with Gasteiger partial charge in [-0.05, 0) is 49.7 Å². The Labute approximate surface area is 128 Å². The maximum atomic E-state index is 6.16. The predicted octanol–water partition coefficient (Wildman–Crippen LogP) is 4.11. The summed E-state index contributed by atoms with van der Waals surface area (Å²) in [5.74, 6) is 0.600. The zero-order valence-corrected chi connectivity index (χ0v) is 13.3. The molecule has 0 fully saturated rings. The van der Waals surface area contributed by atoms with Gasteiger partial charge >= 0.3 is 0 Å². The normalized spacial score (nSPS) is 10.6. The van der Waals surface area contributed by atoms with Gasteiger partial charge in [-0.3, -0.25) is 0 Å². The molecule has 20 heavy (non-hydrogen) atoms. The van der Waals surface area contributed by atoms with Crippen molar-refractivity contribution in [2.24, 2.45) is 0 Å². The molecule has 0 bridgehead atoms. The molecular formula is C14H17ClN4S. The van der Waals surface area contributed by atoms with Crippen LogP contribution in [0, 0.1) is 13.8 Å². The van der Waals surface area contributed by atoms with Gasteiger partial charge in [0.2, 0.25) is 5.95 Å². The van der Waals surface area contributed by atoms with Crippen LogP contribution in [0.1, 0.15) is 24.6 Å². The van der Waals surface area contributed by atoms with Gasteiger partial charge in [0.05, 0.1) is 11.2 Å². The highest BCUT2D eigenvalue weighted by molar-refractivity contribution is 7.99. The molecule has 0 unspecified atom stereocenters. The largest absolute Gasteiger partial charge is 0.354 e. The fraction of sp³-hybridized carbons (Fsp3) is 0.357. The molecule has 0 saturated carbocycles. The van der Waals surface area contributed by atoms with Crippen molar-refractivity contribution in [3.63, 3.8) is 0 Å². The molecule has 0 atom stereocenters. The van der Waals surface area contributed by atoms with Crippen LogP contribution >= 0.6 is 23.4 Å². The Morgan fingerprint density at radius 3 is 2.75 bits per heavy atom. The Bertz CT molecular complexity index is 583. The lowest BCUT2D eigenvalue weighted by Crippen LogP contribution is -2.04. The fourth-order valence-corrected chi connectivity index (χ4v) is 2.82. The maximum absolute atomic E-state index is 6.16. The van der Waals surface area contributed by atoms with Gasteiger partial charge in [-0.25, -0.2) is 15.0 Å². The lowest BCUT2D eigenvalue weighted by molar-refractivity contribution is 0.934. The number of aryl methyl sites for hydroxylation is 2. The van der Waals surface area contributed by atoms with Crippen LogP contribution in [-0.2, 0) is 0 Å². The molecule has 0 amide bonds. The Kier molecular flexibility index (Phi) is 5.20. The fourth-order valence-electron chi connectivity index (χ4n) is 1.70. The quantitative estimate of drug-likeness (QED) is 0.842. The molecule has 0 saturated heterocycles. The van der Waals surface area contributed by atoms with Crippen molar-refractivity contribution in [2.75, 3.05) is 11.9 Å². The van der Waals surface area contributed by atoms with E-state index < -0.39 is 0 Å². The van der Waals surface area contributed by atoms with Crippen LogP contribution in [0.5, 0.6) is 0 Å². The summed E-state index contributed by atoms with van der Waals surface area (Å²) in [6.07, 6.45) is 2.64. The smallest absolute Gasteiger partial charge is 0.223 e. The van der Waals surface area contributed by atoms with Crippen LogP contribution in [0.3, 0.4) is 0 Å². The molecule has 0 aliphatic heterocycles. The molecule has 0 aliphatic rings. The van der Waals surface area contributed by atoms with Crippen LogP contribution in [0.25, 0.3) is 0 Å². The third kappa shape index (κ3) is 4.08. The number of rotatable bonds is 5. The minimum atomic E-state index is 0.540. The third-order valence-electron chi connectivity index (χ3n) is 2.52. The summed E-state index contributed by atoms with van der Waals surface area (Å²) in [6.45, 7) is 6.97. The van der Waals surface area contributed by atoms with Gasteiger partial charge < -0.3 is 5.32 Å². The lowest BCUT2D eigenvalue weighted by atomic mass is 10.3. The molecule has 1 N–H and O–H groups in total. The minimum Gasteiger partial charge on any atom is -0.354 e. The van der Waals surface area contributed by atoms with E-state index in [1.807, 2.05) is 19.1 Å². The zero-order chi connectivity index (χ0) is 14.5. The number of pyridine rings is 1. The van der Waals surface area contributed by atoms with E-state index in [0.29, 0.717) is 11.0 Å². The van der Waals surface area contributed by atoms with Crippen molar-refractivity contribution in [3.05, 3.63) is 34.6 Å². The highest BCUT2D eigenvalue weighted by Gasteiger charge is 2.09. The summed E-state index contributed by atoms with van der Waals surface area (Å²) >= 11 is 7.61. The minimum absolute atomic E-state index is 0.540. The molecule has 2 heterocycles. The van der Waals surface area contributed by atoms with Gasteiger partial charge in [0, 0.05) is 12.2 Å². The summed E-state index contributed by atoms with van der Waals surface area (Å²) < 4.78 is 0. The van der Waals surface area contributed by atoms with Gasteiger partial charge in [0.1, 0.15) is 10.1 Å². The van der Waals surface area contributed by atoms with Gasteiger partial charge in [-0.2, -0.15) is 0 Å². The first kappa shape index (κ1) is 15.1. The van der Waals surface area contributed by atoms with Crippen LogP contribution in [0.2, 0.25) is 5.02 Å². The summed E-state index contributed by atoms with van der Waals surface area (Å²) in [4.78, 5) is 13.1. The second-order valence-electron chi connectivity index (χ2n) is 4.50. The Morgan fingerprint density at radius 2 is 2.05 bits per heavy atom. The molecule has 106 valence electrons. The molecule has 2 aromatic rings. The number of hydrogen-bond acceptors (Lipinski definition) is 5. The summed E-state index contributed by atoms with van der Waals surface area (Å²) in [5.41, 5.74) is 2.16. The second-order valence-corrected chi connectivity index (χ2v) is 5.92. The number of nitrogens with one attached hydrogen (secondary N) is 1. The first-order valence-corrected chi connectivity index (χ1v) is 7.67. The molecule has 0 radical (unpaired) electrons. The zero-order valence-electron chi connectivity index (χ0n) is 11.8. The molecule has 0 aliphatic carbocycles. The van der Waals surface area contributed by atoms with E-state index in [0.717, 1.165) is 28.7 Å². The number of anilines is 1. The number of aromatic nitrogens is 3. The monoisotopic (exact) mass is 308 g/mol. The van der Waals surface area contributed by atoms with E-state index in [-0.39, 0.29) is 0 Å². The van der Waals surface area contributed by atoms with Gasteiger partial charge in [0.15, 0.2) is 0 Å². The predicted molar refractivity (Wildman–Crippen MR) is 83.7 cm³/mol. The average Bonchev–Trinajstić information content (AvgIpc) is 2.38. The van der Waals surface area contributed by atoms with Gasteiger partial charge in [0.25, 0.3) is 0 Å². The van der Waals surface area contributed by atoms with E-state index in [1.54, 1.807) is 6.20 Å². The van der Waals surface area contributed by atoms with Crippen molar-refractivity contribution >= 4 is 29.3 Å². The molecular weight excluding hydrogens is 292 g/mol. The molecule has 2 rings (SSSR count).